The molecular weight excluding hydrogens is 306 g/mol. The van der Waals surface area contributed by atoms with E-state index >= 15 is 0 Å². The molecule has 0 saturated carbocycles. The van der Waals surface area contributed by atoms with E-state index in [1.807, 2.05) is 84.9 Å². The molecule has 25 heavy (non-hydrogen) atoms. The first-order chi connectivity index (χ1) is 12.2. The van der Waals surface area contributed by atoms with E-state index in [0.717, 1.165) is 32.7 Å². The maximum absolute atomic E-state index is 8.43. The van der Waals surface area contributed by atoms with E-state index in [2.05, 4.69) is 4.99 Å². The number of nitrogens with two attached hydrogens (primary N) is 1. The van der Waals surface area contributed by atoms with Crippen molar-refractivity contribution in [1.29, 1.82) is 5.41 Å². The van der Waals surface area contributed by atoms with Crippen LogP contribution in [0.25, 0.3) is 21.5 Å². The Morgan fingerprint density at radius 2 is 1.12 bits per heavy atom. The summed E-state index contributed by atoms with van der Waals surface area (Å²) in [5, 5.41) is 12.7. The van der Waals surface area contributed by atoms with E-state index in [1.165, 1.54) is 0 Å². The molecule has 4 rings (SSSR count). The third kappa shape index (κ3) is 2.76. The Balaban J connectivity index is 1.80. The summed E-state index contributed by atoms with van der Waals surface area (Å²) in [5.41, 5.74) is 7.88. The molecule has 4 aromatic rings. The summed E-state index contributed by atoms with van der Waals surface area (Å²) in [5.74, 6) is 0.525. The lowest BCUT2D eigenvalue weighted by Gasteiger charge is -2.08. The number of rotatable bonds is 2. The highest BCUT2D eigenvalue weighted by molar-refractivity contribution is 6.17. The van der Waals surface area contributed by atoms with Gasteiger partial charge in [0.25, 0.3) is 0 Å². The summed E-state index contributed by atoms with van der Waals surface area (Å²) < 4.78 is 0. The van der Waals surface area contributed by atoms with Gasteiger partial charge in [-0.3, -0.25) is 5.41 Å². The van der Waals surface area contributed by atoms with E-state index in [9.17, 15) is 0 Å². The Morgan fingerprint density at radius 3 is 1.76 bits per heavy atom. The lowest BCUT2D eigenvalue weighted by Crippen LogP contribution is -2.16. The standard InChI is InChI=1S/C22H17N3/c23-21(19-13-5-9-15-7-1-3-11-17(15)19)25-22(24)20-14-6-10-16-8-2-4-12-18(16)20/h1-14H,(H3,23,24,25). The number of benzene rings is 4. The van der Waals surface area contributed by atoms with Crippen molar-refractivity contribution in [2.45, 2.75) is 0 Å². The third-order valence-corrected chi connectivity index (χ3v) is 4.34. The van der Waals surface area contributed by atoms with Crippen molar-refractivity contribution in [3.8, 4) is 0 Å². The van der Waals surface area contributed by atoms with Crippen LogP contribution in [0.15, 0.2) is 89.9 Å². The summed E-state index contributed by atoms with van der Waals surface area (Å²) >= 11 is 0. The molecule has 0 amide bonds. The Bertz CT molecular complexity index is 1120. The highest BCUT2D eigenvalue weighted by Crippen LogP contribution is 2.21. The Morgan fingerprint density at radius 1 is 0.640 bits per heavy atom. The van der Waals surface area contributed by atoms with Crippen LogP contribution >= 0.6 is 0 Å². The molecule has 0 unspecified atom stereocenters. The lowest BCUT2D eigenvalue weighted by atomic mass is 10.0. The topological polar surface area (TPSA) is 62.2 Å². The van der Waals surface area contributed by atoms with Gasteiger partial charge < -0.3 is 5.73 Å². The minimum atomic E-state index is 0.169. The zero-order chi connectivity index (χ0) is 17.2. The molecule has 0 aliphatic rings. The van der Waals surface area contributed by atoms with Crippen LogP contribution in [0.1, 0.15) is 11.1 Å². The smallest absolute Gasteiger partial charge is 0.154 e. The zero-order valence-electron chi connectivity index (χ0n) is 13.6. The van der Waals surface area contributed by atoms with E-state index in [4.69, 9.17) is 11.1 Å². The number of nitrogens with one attached hydrogen (secondary N) is 1. The minimum Gasteiger partial charge on any atom is -0.383 e. The predicted molar refractivity (Wildman–Crippen MR) is 105 cm³/mol. The molecule has 120 valence electrons. The van der Waals surface area contributed by atoms with Crippen LogP contribution < -0.4 is 5.73 Å². The fraction of sp³-hybridized carbons (Fsp3) is 0. The highest BCUT2D eigenvalue weighted by atomic mass is 14.9. The first kappa shape index (κ1) is 15.1. The largest absolute Gasteiger partial charge is 0.383 e. The molecule has 3 N–H and O–H groups in total. The quantitative estimate of drug-likeness (QED) is 0.407. The van der Waals surface area contributed by atoms with Gasteiger partial charge in [0.15, 0.2) is 5.84 Å². The number of fused-ring (bicyclic) bond motifs is 2. The van der Waals surface area contributed by atoms with Gasteiger partial charge in [-0.05, 0) is 21.5 Å². The van der Waals surface area contributed by atoms with Gasteiger partial charge in [0.05, 0.1) is 0 Å². The second-order valence-electron chi connectivity index (χ2n) is 5.90. The summed E-state index contributed by atoms with van der Waals surface area (Å²) in [7, 11) is 0. The zero-order valence-corrected chi connectivity index (χ0v) is 13.6. The molecule has 0 spiro atoms. The molecule has 0 atom stereocenters. The third-order valence-electron chi connectivity index (χ3n) is 4.34. The van der Waals surface area contributed by atoms with Crippen molar-refractivity contribution in [2.75, 3.05) is 0 Å². The number of amidine groups is 2. The minimum absolute atomic E-state index is 0.169. The van der Waals surface area contributed by atoms with E-state index in [1.54, 1.807) is 0 Å². The van der Waals surface area contributed by atoms with E-state index in [0.29, 0.717) is 5.84 Å². The van der Waals surface area contributed by atoms with Gasteiger partial charge in [0.1, 0.15) is 5.84 Å². The second kappa shape index (κ2) is 6.21. The van der Waals surface area contributed by atoms with Crippen molar-refractivity contribution in [3.05, 3.63) is 96.1 Å². The average Bonchev–Trinajstić information content (AvgIpc) is 2.67. The van der Waals surface area contributed by atoms with E-state index in [-0.39, 0.29) is 5.84 Å². The number of hydrogen-bond acceptors (Lipinski definition) is 1. The molecule has 0 heterocycles. The predicted octanol–water partition coefficient (Wildman–Crippen LogP) is 4.72. The fourth-order valence-corrected chi connectivity index (χ4v) is 3.12. The molecule has 3 nitrogen and oxygen atoms in total. The molecule has 0 saturated heterocycles. The van der Waals surface area contributed by atoms with Crippen molar-refractivity contribution < 1.29 is 0 Å². The van der Waals surface area contributed by atoms with Gasteiger partial charge in [-0.2, -0.15) is 0 Å². The first-order valence-electron chi connectivity index (χ1n) is 8.13. The molecule has 0 radical (unpaired) electrons. The maximum Gasteiger partial charge on any atom is 0.154 e. The Labute approximate surface area is 146 Å². The van der Waals surface area contributed by atoms with Crippen LogP contribution in [0, 0.1) is 5.41 Å². The number of hydrogen-bond donors (Lipinski definition) is 2. The number of aliphatic imine (C=N–C) groups is 1. The normalized spacial score (nSPS) is 11.8. The van der Waals surface area contributed by atoms with Gasteiger partial charge in [-0.25, -0.2) is 4.99 Å². The van der Waals surface area contributed by atoms with Crippen molar-refractivity contribution in [1.82, 2.24) is 0 Å². The monoisotopic (exact) mass is 323 g/mol. The van der Waals surface area contributed by atoms with Gasteiger partial charge in [0.2, 0.25) is 0 Å². The maximum atomic E-state index is 8.43. The number of nitrogens with zero attached hydrogens (tertiary/aromatic N) is 1. The molecule has 0 aromatic heterocycles. The van der Waals surface area contributed by atoms with Crippen LogP contribution in [0.3, 0.4) is 0 Å². The first-order valence-corrected chi connectivity index (χ1v) is 8.13. The van der Waals surface area contributed by atoms with Crippen molar-refractivity contribution in [2.24, 2.45) is 10.7 Å². The van der Waals surface area contributed by atoms with Gasteiger partial charge in [-0.15, -0.1) is 0 Å². The van der Waals surface area contributed by atoms with Crippen LogP contribution in [-0.4, -0.2) is 11.7 Å². The Hall–Kier alpha value is -3.46. The Kier molecular flexibility index (Phi) is 3.75. The van der Waals surface area contributed by atoms with Gasteiger partial charge >= 0.3 is 0 Å². The summed E-state index contributed by atoms with van der Waals surface area (Å²) in [4.78, 5) is 4.40. The molecule has 0 aliphatic carbocycles. The summed E-state index contributed by atoms with van der Waals surface area (Å²) in [6.07, 6.45) is 0. The second-order valence-corrected chi connectivity index (χ2v) is 5.90. The molecular formula is C22H17N3. The van der Waals surface area contributed by atoms with Crippen molar-refractivity contribution >= 4 is 33.2 Å². The summed E-state index contributed by atoms with van der Waals surface area (Å²) in [6.45, 7) is 0. The van der Waals surface area contributed by atoms with Gasteiger partial charge in [0, 0.05) is 11.1 Å². The SMILES string of the molecule is N=C(N=C(N)c1cccc2ccccc12)c1cccc2ccccc12. The molecule has 0 aliphatic heterocycles. The molecule has 0 fully saturated rings. The average molecular weight is 323 g/mol. The lowest BCUT2D eigenvalue weighted by molar-refractivity contribution is 1.41. The molecule has 0 bridgehead atoms. The summed E-state index contributed by atoms with van der Waals surface area (Å²) in [6, 6.07) is 27.9. The van der Waals surface area contributed by atoms with Gasteiger partial charge in [-0.1, -0.05) is 84.9 Å². The fourth-order valence-electron chi connectivity index (χ4n) is 3.12. The highest BCUT2D eigenvalue weighted by Gasteiger charge is 2.09. The van der Waals surface area contributed by atoms with Crippen LogP contribution in [0.5, 0.6) is 0 Å². The molecule has 3 heteroatoms. The van der Waals surface area contributed by atoms with E-state index < -0.39 is 0 Å². The van der Waals surface area contributed by atoms with Crippen LogP contribution in [-0.2, 0) is 0 Å². The van der Waals surface area contributed by atoms with Crippen LogP contribution in [0.2, 0.25) is 0 Å². The molecule has 4 aromatic carbocycles. The van der Waals surface area contributed by atoms with Crippen molar-refractivity contribution in [3.63, 3.8) is 0 Å². The van der Waals surface area contributed by atoms with Crippen LogP contribution in [0.4, 0.5) is 0 Å².